The number of amides is 2. The average molecular weight is 659 g/mol. The van der Waals surface area contributed by atoms with Crippen LogP contribution in [0, 0.1) is 11.8 Å². The van der Waals surface area contributed by atoms with E-state index in [0.29, 0.717) is 25.9 Å². The van der Waals surface area contributed by atoms with Gasteiger partial charge in [-0.05, 0) is 77.7 Å². The lowest BCUT2D eigenvalue weighted by atomic mass is 9.64. The Bertz CT molecular complexity index is 1160. The van der Waals surface area contributed by atoms with Crippen LogP contribution in [0.15, 0.2) is 0 Å². The first kappa shape index (κ1) is 37.7. The van der Waals surface area contributed by atoms with E-state index in [2.05, 4.69) is 49.0 Å². The predicted molar refractivity (Wildman–Crippen MR) is 185 cm³/mol. The van der Waals surface area contributed by atoms with Gasteiger partial charge in [-0.25, -0.2) is 0 Å². The van der Waals surface area contributed by atoms with E-state index < -0.39 is 22.8 Å². The van der Waals surface area contributed by atoms with E-state index in [1.807, 2.05) is 32.4 Å². The monoisotopic (exact) mass is 658 g/mol. The summed E-state index contributed by atoms with van der Waals surface area (Å²) in [6.07, 6.45) is 8.78. The van der Waals surface area contributed by atoms with Gasteiger partial charge in [-0.15, -0.1) is 0 Å². The van der Waals surface area contributed by atoms with Crippen LogP contribution in [0.2, 0.25) is 26.3 Å². The van der Waals surface area contributed by atoms with Crippen molar-refractivity contribution >= 4 is 37.6 Å². The number of nitrogens with zero attached hydrogens (tertiary/aromatic N) is 1. The maximum absolute atomic E-state index is 13.0. The maximum atomic E-state index is 13.0. The lowest BCUT2D eigenvalue weighted by Gasteiger charge is -2.37. The summed E-state index contributed by atoms with van der Waals surface area (Å²) in [5.41, 5.74) is 4.20. The molecule has 2 spiro atoms. The van der Waals surface area contributed by atoms with Crippen molar-refractivity contribution in [3.05, 3.63) is 0 Å². The summed E-state index contributed by atoms with van der Waals surface area (Å²) in [5.74, 6) is 0.0234. The summed E-state index contributed by atoms with van der Waals surface area (Å²) in [4.78, 5) is 52.3. The molecule has 0 saturated carbocycles. The molecule has 5 saturated heterocycles. The lowest BCUT2D eigenvalue weighted by Crippen LogP contribution is -2.53. The molecular formula is C33H60B2N6O6. The minimum absolute atomic E-state index is 0.0148. The van der Waals surface area contributed by atoms with E-state index in [-0.39, 0.29) is 67.5 Å². The van der Waals surface area contributed by atoms with Gasteiger partial charge in [0.05, 0.1) is 17.7 Å². The molecule has 5 fully saturated rings. The average Bonchev–Trinajstić information content (AvgIpc) is 3.67. The van der Waals surface area contributed by atoms with Crippen molar-refractivity contribution in [2.75, 3.05) is 13.1 Å². The summed E-state index contributed by atoms with van der Waals surface area (Å²) in [6.45, 7) is 17.2. The molecule has 0 radical (unpaired) electrons. The van der Waals surface area contributed by atoms with Crippen LogP contribution in [0.3, 0.4) is 0 Å². The van der Waals surface area contributed by atoms with E-state index in [9.17, 15) is 19.2 Å². The molecule has 6 N–H and O–H groups in total. The van der Waals surface area contributed by atoms with Crippen LogP contribution in [-0.4, -0.2) is 96.5 Å². The van der Waals surface area contributed by atoms with Crippen LogP contribution in [0.25, 0.3) is 0 Å². The first-order valence-corrected chi connectivity index (χ1v) is 18.1. The molecule has 0 bridgehead atoms. The third kappa shape index (κ3) is 8.54. The number of carbonyl (C=O) groups excluding carboxylic acids is 4. The van der Waals surface area contributed by atoms with Gasteiger partial charge < -0.3 is 25.3 Å². The van der Waals surface area contributed by atoms with Crippen LogP contribution in [0.4, 0.5) is 0 Å². The predicted octanol–water partition coefficient (Wildman–Crippen LogP) is 2.16. The van der Waals surface area contributed by atoms with Gasteiger partial charge >= 0.3 is 25.8 Å². The second-order valence-electron chi connectivity index (χ2n) is 16.0. The topological polar surface area (TPSA) is 164 Å². The summed E-state index contributed by atoms with van der Waals surface area (Å²) in [5, 5.41) is 13.2. The van der Waals surface area contributed by atoms with Gasteiger partial charge in [0.2, 0.25) is 11.8 Å². The van der Waals surface area contributed by atoms with Gasteiger partial charge in [0.1, 0.15) is 11.1 Å². The van der Waals surface area contributed by atoms with Crippen molar-refractivity contribution in [1.29, 1.82) is 0 Å². The third-order valence-corrected chi connectivity index (χ3v) is 10.9. The molecule has 5 heterocycles. The van der Waals surface area contributed by atoms with Crippen molar-refractivity contribution in [2.24, 2.45) is 17.6 Å². The normalized spacial score (nSPS) is 33.6. The van der Waals surface area contributed by atoms with Gasteiger partial charge in [-0.3, -0.25) is 35.1 Å². The molecular weight excluding hydrogens is 598 g/mol. The summed E-state index contributed by atoms with van der Waals surface area (Å²) in [6, 6.07) is -0.725. The zero-order valence-electron chi connectivity index (χ0n) is 30.1. The van der Waals surface area contributed by atoms with Crippen molar-refractivity contribution < 1.29 is 28.5 Å². The Morgan fingerprint density at radius 3 is 1.94 bits per heavy atom. The molecule has 12 nitrogen and oxygen atoms in total. The highest BCUT2D eigenvalue weighted by Crippen LogP contribution is 2.37. The number of carbonyl (C=O) groups is 4. The smallest absolute Gasteiger partial charge is 0.358 e. The third-order valence-electron chi connectivity index (χ3n) is 10.9. The fraction of sp³-hybridized carbons (Fsp3) is 0.879. The molecule has 6 atom stereocenters. The highest BCUT2D eigenvalue weighted by molar-refractivity contribution is 6.52. The molecule has 0 unspecified atom stereocenters. The van der Waals surface area contributed by atoms with E-state index in [1.54, 1.807) is 0 Å². The number of rotatable bonds is 5. The minimum atomic E-state index is -0.644. The maximum Gasteiger partial charge on any atom is 0.358 e. The molecule has 2 amide bonds. The molecule has 47 heavy (non-hydrogen) atoms. The van der Waals surface area contributed by atoms with Crippen molar-refractivity contribution in [3.8, 4) is 0 Å². The molecule has 0 aromatic heterocycles. The van der Waals surface area contributed by atoms with E-state index >= 15 is 0 Å². The standard InChI is InChI=1S/C18H32BN3O3.C15H28BN3O3/c1-12(2)14-15(23)22(17(3,4)21-14)13-10-18(20-11-13)8-6-7-9-19(5)25-16(18)24;1-10(2)12(17)13(20)19-11-8-15(18-9-11)6-4-5-7-16(3)22-14(15)21/h12-14,20-21H,6-11H2,1-5H3;10-12,18H,4-9,17H2,1-3H3,(H,19,20)/t13-,14+,18-;11-,12+,15-/m11/s1. The minimum Gasteiger partial charge on any atom is -0.535 e. The van der Waals surface area contributed by atoms with E-state index in [0.717, 1.165) is 51.2 Å². The van der Waals surface area contributed by atoms with Crippen molar-refractivity contribution in [1.82, 2.24) is 26.2 Å². The number of hydrogen-bond donors (Lipinski definition) is 5. The molecule has 5 aliphatic rings. The van der Waals surface area contributed by atoms with Gasteiger partial charge in [0, 0.05) is 25.2 Å². The Hall–Kier alpha value is -2.15. The molecule has 5 rings (SSSR count). The molecule has 0 aromatic carbocycles. The Morgan fingerprint density at radius 2 is 1.43 bits per heavy atom. The fourth-order valence-corrected chi connectivity index (χ4v) is 7.98. The van der Waals surface area contributed by atoms with Crippen LogP contribution in [-0.2, 0) is 28.5 Å². The van der Waals surface area contributed by atoms with Crippen molar-refractivity contribution in [2.45, 2.75) is 160 Å². The molecule has 14 heteroatoms. The Labute approximate surface area is 282 Å². The lowest BCUT2D eigenvalue weighted by molar-refractivity contribution is -0.143. The summed E-state index contributed by atoms with van der Waals surface area (Å²) < 4.78 is 11.2. The Morgan fingerprint density at radius 1 is 0.894 bits per heavy atom. The Kier molecular flexibility index (Phi) is 12.2. The van der Waals surface area contributed by atoms with Gasteiger partial charge in [-0.1, -0.05) is 53.4 Å². The number of nitrogens with two attached hydrogens (primary N) is 1. The van der Waals surface area contributed by atoms with Crippen LogP contribution < -0.4 is 27.0 Å². The Balaban J connectivity index is 0.000000215. The van der Waals surface area contributed by atoms with Gasteiger partial charge in [-0.2, -0.15) is 0 Å². The summed E-state index contributed by atoms with van der Waals surface area (Å²) in [7, 11) is 0. The zero-order chi connectivity index (χ0) is 34.7. The van der Waals surface area contributed by atoms with Gasteiger partial charge in [0.15, 0.2) is 0 Å². The fourth-order valence-electron chi connectivity index (χ4n) is 7.98. The first-order chi connectivity index (χ1) is 22.0. The first-order valence-electron chi connectivity index (χ1n) is 18.1. The number of hydrogen-bond acceptors (Lipinski definition) is 10. The van der Waals surface area contributed by atoms with Crippen molar-refractivity contribution in [3.63, 3.8) is 0 Å². The second kappa shape index (κ2) is 15.2. The highest BCUT2D eigenvalue weighted by atomic mass is 16.5. The number of nitrogens with one attached hydrogen (secondary N) is 4. The zero-order valence-corrected chi connectivity index (χ0v) is 30.1. The second-order valence-corrected chi connectivity index (χ2v) is 16.0. The SMILES string of the molecule is CB1CCCC[C@@]2(C[C@@H](N3C(=O)[C@H](C(C)C)NC3(C)C)CN2)C(=O)O1.CB1CCCC[C@@]2(C[C@@H](NC(=O)[C@@H](N)C(C)C)CN2)C(=O)O1. The largest absolute Gasteiger partial charge is 0.535 e. The molecule has 264 valence electrons. The van der Waals surface area contributed by atoms with E-state index in [1.165, 1.54) is 0 Å². The van der Waals surface area contributed by atoms with Crippen LogP contribution in [0.5, 0.6) is 0 Å². The van der Waals surface area contributed by atoms with Crippen LogP contribution >= 0.6 is 0 Å². The summed E-state index contributed by atoms with van der Waals surface area (Å²) >= 11 is 0. The molecule has 0 aromatic rings. The highest BCUT2D eigenvalue weighted by Gasteiger charge is 2.55. The van der Waals surface area contributed by atoms with E-state index in [4.69, 9.17) is 15.0 Å². The quantitative estimate of drug-likeness (QED) is 0.277. The van der Waals surface area contributed by atoms with Gasteiger partial charge in [0.25, 0.3) is 0 Å². The molecule has 0 aliphatic carbocycles. The molecule has 5 aliphatic heterocycles. The van der Waals surface area contributed by atoms with Crippen LogP contribution in [0.1, 0.15) is 92.9 Å².